The van der Waals surface area contributed by atoms with Gasteiger partial charge in [0.25, 0.3) is 0 Å². The Morgan fingerprint density at radius 2 is 1.55 bits per heavy atom. The van der Waals surface area contributed by atoms with E-state index in [1.54, 1.807) is 0 Å². The molecule has 0 unspecified atom stereocenters. The van der Waals surface area contributed by atoms with Gasteiger partial charge in [0.05, 0.1) is 13.5 Å². The lowest BCUT2D eigenvalue weighted by molar-refractivity contribution is -0.139. The van der Waals surface area contributed by atoms with Crippen molar-refractivity contribution in [3.05, 3.63) is 119 Å². The number of amides is 1. The smallest absolute Gasteiger partial charge is 0.309 e. The first kappa shape index (κ1) is 30.4. The molecule has 0 spiro atoms. The Labute approximate surface area is 248 Å². The lowest BCUT2D eigenvalue weighted by atomic mass is 9.97. The van der Waals surface area contributed by atoms with Gasteiger partial charge in [0.1, 0.15) is 24.7 Å². The highest BCUT2D eigenvalue weighted by Crippen LogP contribution is 2.30. The third-order valence-electron chi connectivity index (χ3n) is 7.17. The molecule has 0 atom stereocenters. The van der Waals surface area contributed by atoms with Gasteiger partial charge in [0.2, 0.25) is 5.91 Å². The van der Waals surface area contributed by atoms with Crippen molar-refractivity contribution >= 4 is 11.9 Å². The monoisotopic (exact) mass is 565 g/mol. The van der Waals surface area contributed by atoms with E-state index < -0.39 is 0 Å². The zero-order valence-corrected chi connectivity index (χ0v) is 24.7. The molecule has 6 heteroatoms. The van der Waals surface area contributed by atoms with E-state index in [1.165, 1.54) is 30.7 Å². The van der Waals surface area contributed by atoms with Crippen LogP contribution in [0.1, 0.15) is 47.6 Å². The van der Waals surface area contributed by atoms with Crippen LogP contribution >= 0.6 is 0 Å². The lowest BCUT2D eigenvalue weighted by Gasteiger charge is -2.16. The number of hydrogen-bond acceptors (Lipinski definition) is 5. The van der Waals surface area contributed by atoms with Gasteiger partial charge in [-0.2, -0.15) is 0 Å². The molecule has 0 saturated carbocycles. The van der Waals surface area contributed by atoms with Crippen LogP contribution in [-0.4, -0.2) is 25.5 Å². The molecule has 0 heterocycles. The maximum Gasteiger partial charge on any atom is 0.309 e. The van der Waals surface area contributed by atoms with Crippen molar-refractivity contribution in [1.82, 2.24) is 5.32 Å². The van der Waals surface area contributed by atoms with Gasteiger partial charge in [-0.05, 0) is 71.2 Å². The molecule has 0 bridgehead atoms. The minimum absolute atomic E-state index is 0.0144. The van der Waals surface area contributed by atoms with Gasteiger partial charge in [-0.25, -0.2) is 0 Å². The first-order valence-electron chi connectivity index (χ1n) is 14.3. The standard InChI is InChI=1S/C36H39NO5/c1-26-32(16-10-17-34(26)30-13-5-4-6-14-30)25-41-33-19-18-31(15-7-8-20-37-27(2)38)35(23-33)42-24-29-12-9-11-28(21-29)22-36(39)40-3/h4-6,9-14,16-19,21,23H,7-8,15,20,22,24-25H2,1-3H3,(H,37,38). The Kier molecular flexibility index (Phi) is 11.2. The molecule has 42 heavy (non-hydrogen) atoms. The molecule has 218 valence electrons. The molecule has 0 saturated heterocycles. The van der Waals surface area contributed by atoms with Crippen LogP contribution < -0.4 is 14.8 Å². The fraction of sp³-hybridized carbons (Fsp3) is 0.278. The third kappa shape index (κ3) is 8.96. The summed E-state index contributed by atoms with van der Waals surface area (Å²) >= 11 is 0. The Morgan fingerprint density at radius 1 is 0.762 bits per heavy atom. The van der Waals surface area contributed by atoms with Crippen LogP contribution in [0.5, 0.6) is 11.5 Å². The average Bonchev–Trinajstić information content (AvgIpc) is 3.00. The second kappa shape index (κ2) is 15.4. The van der Waals surface area contributed by atoms with Crippen LogP contribution in [0.15, 0.2) is 91.0 Å². The average molecular weight is 566 g/mol. The van der Waals surface area contributed by atoms with Crippen molar-refractivity contribution in [3.8, 4) is 22.6 Å². The quantitative estimate of drug-likeness (QED) is 0.132. The molecular weight excluding hydrogens is 526 g/mol. The van der Waals surface area contributed by atoms with E-state index >= 15 is 0 Å². The normalized spacial score (nSPS) is 10.6. The number of esters is 1. The van der Waals surface area contributed by atoms with E-state index in [1.807, 2.05) is 42.5 Å². The summed E-state index contributed by atoms with van der Waals surface area (Å²) in [7, 11) is 1.39. The van der Waals surface area contributed by atoms with Gasteiger partial charge in [-0.15, -0.1) is 0 Å². The number of ether oxygens (including phenoxy) is 3. The summed E-state index contributed by atoms with van der Waals surface area (Å²) in [6.45, 7) is 5.12. The first-order chi connectivity index (χ1) is 20.4. The molecule has 0 fully saturated rings. The van der Waals surface area contributed by atoms with Crippen LogP contribution in [0.25, 0.3) is 11.1 Å². The Balaban J connectivity index is 1.48. The lowest BCUT2D eigenvalue weighted by Crippen LogP contribution is -2.20. The van der Waals surface area contributed by atoms with E-state index in [9.17, 15) is 9.59 Å². The van der Waals surface area contributed by atoms with Gasteiger partial charge in [0, 0.05) is 19.5 Å². The molecule has 0 aromatic heterocycles. The van der Waals surface area contributed by atoms with Gasteiger partial charge < -0.3 is 19.5 Å². The molecule has 4 aromatic carbocycles. The minimum Gasteiger partial charge on any atom is -0.489 e. The fourth-order valence-electron chi connectivity index (χ4n) is 4.83. The molecule has 1 N–H and O–H groups in total. The summed E-state index contributed by atoms with van der Waals surface area (Å²) in [5.74, 6) is 1.21. The van der Waals surface area contributed by atoms with Gasteiger partial charge in [0.15, 0.2) is 0 Å². The number of rotatable bonds is 14. The number of hydrogen-bond donors (Lipinski definition) is 1. The highest BCUT2D eigenvalue weighted by atomic mass is 16.5. The Morgan fingerprint density at radius 3 is 2.33 bits per heavy atom. The van der Waals surface area contributed by atoms with Crippen molar-refractivity contribution < 1.29 is 23.8 Å². The molecule has 0 aliphatic heterocycles. The van der Waals surface area contributed by atoms with Crippen LogP contribution in [-0.2, 0) is 40.4 Å². The van der Waals surface area contributed by atoms with Crippen LogP contribution in [0.2, 0.25) is 0 Å². The molecular formula is C36H39NO5. The highest BCUT2D eigenvalue weighted by Gasteiger charge is 2.11. The van der Waals surface area contributed by atoms with Crippen molar-refractivity contribution in [2.24, 2.45) is 0 Å². The minimum atomic E-state index is -0.274. The van der Waals surface area contributed by atoms with Crippen LogP contribution in [0.3, 0.4) is 0 Å². The second-order valence-electron chi connectivity index (χ2n) is 10.3. The van der Waals surface area contributed by atoms with Crippen molar-refractivity contribution in [2.75, 3.05) is 13.7 Å². The molecule has 4 aromatic rings. The van der Waals surface area contributed by atoms with Gasteiger partial charge >= 0.3 is 5.97 Å². The number of benzene rings is 4. The molecule has 4 rings (SSSR count). The third-order valence-corrected chi connectivity index (χ3v) is 7.17. The summed E-state index contributed by atoms with van der Waals surface area (Å²) in [4.78, 5) is 22.9. The van der Waals surface area contributed by atoms with Crippen LogP contribution in [0, 0.1) is 6.92 Å². The number of unbranched alkanes of at least 4 members (excludes halogenated alkanes) is 1. The summed E-state index contributed by atoms with van der Waals surface area (Å²) in [6.07, 6.45) is 2.83. The maximum atomic E-state index is 11.7. The molecule has 0 aliphatic carbocycles. The molecule has 0 radical (unpaired) electrons. The number of methoxy groups -OCH3 is 1. The van der Waals surface area contributed by atoms with E-state index in [0.29, 0.717) is 19.8 Å². The number of nitrogens with one attached hydrogen (secondary N) is 1. The van der Waals surface area contributed by atoms with Crippen molar-refractivity contribution in [1.29, 1.82) is 0 Å². The highest BCUT2D eigenvalue weighted by molar-refractivity contribution is 5.73. The largest absolute Gasteiger partial charge is 0.489 e. The van der Waals surface area contributed by atoms with Crippen molar-refractivity contribution in [3.63, 3.8) is 0 Å². The van der Waals surface area contributed by atoms with Crippen molar-refractivity contribution in [2.45, 2.75) is 52.7 Å². The maximum absolute atomic E-state index is 11.7. The Hall–Kier alpha value is -4.58. The SMILES string of the molecule is COC(=O)Cc1cccc(COc2cc(OCc3cccc(-c4ccccc4)c3C)ccc2CCCCNC(C)=O)c1. The number of carbonyl (C=O) groups is 2. The Bertz CT molecular complexity index is 1480. The zero-order valence-electron chi connectivity index (χ0n) is 24.7. The predicted octanol–water partition coefficient (Wildman–Crippen LogP) is 6.99. The topological polar surface area (TPSA) is 73.9 Å². The summed E-state index contributed by atoms with van der Waals surface area (Å²) in [5.41, 5.74) is 7.64. The molecule has 0 aliphatic rings. The van der Waals surface area contributed by atoms with Gasteiger partial charge in [-0.3, -0.25) is 9.59 Å². The summed E-state index contributed by atoms with van der Waals surface area (Å²) in [5, 5.41) is 2.85. The van der Waals surface area contributed by atoms with E-state index in [4.69, 9.17) is 14.2 Å². The van der Waals surface area contributed by atoms with Crippen LogP contribution in [0.4, 0.5) is 0 Å². The number of aryl methyl sites for hydroxylation is 1. The van der Waals surface area contributed by atoms with E-state index in [-0.39, 0.29) is 18.3 Å². The zero-order chi connectivity index (χ0) is 29.7. The predicted molar refractivity (Wildman–Crippen MR) is 166 cm³/mol. The van der Waals surface area contributed by atoms with E-state index in [2.05, 4.69) is 60.8 Å². The second-order valence-corrected chi connectivity index (χ2v) is 10.3. The molecule has 1 amide bonds. The molecule has 6 nitrogen and oxygen atoms in total. The van der Waals surface area contributed by atoms with E-state index in [0.717, 1.165) is 53.0 Å². The fourth-order valence-corrected chi connectivity index (χ4v) is 4.83. The number of carbonyl (C=O) groups excluding carboxylic acids is 2. The first-order valence-corrected chi connectivity index (χ1v) is 14.3. The summed E-state index contributed by atoms with van der Waals surface area (Å²) < 4.78 is 17.4. The van der Waals surface area contributed by atoms with Gasteiger partial charge in [-0.1, -0.05) is 78.9 Å². The summed E-state index contributed by atoms with van der Waals surface area (Å²) in [6, 6.07) is 30.5.